The van der Waals surface area contributed by atoms with Crippen molar-refractivity contribution in [1.29, 1.82) is 0 Å². The average Bonchev–Trinajstić information content (AvgIpc) is 2.60. The molecular formula is C21H27ClN4O2. The van der Waals surface area contributed by atoms with E-state index in [9.17, 15) is 9.59 Å². The fraction of sp³-hybridized carbons (Fsp3) is 0.476. The highest BCUT2D eigenvalue weighted by Crippen LogP contribution is 2.26. The Hall–Kier alpha value is -2.34. The zero-order valence-corrected chi connectivity index (χ0v) is 17.3. The molecule has 2 amide bonds. The van der Waals surface area contributed by atoms with Crippen LogP contribution >= 0.6 is 11.6 Å². The normalized spacial score (nSPS) is 17.6. The third-order valence-electron chi connectivity index (χ3n) is 4.76. The number of likely N-dealkylation sites (tertiary alicyclic amines) is 1. The summed E-state index contributed by atoms with van der Waals surface area (Å²) in [5.74, 6) is 0.899. The van der Waals surface area contributed by atoms with Crippen LogP contribution in [-0.4, -0.2) is 46.9 Å². The highest BCUT2D eigenvalue weighted by atomic mass is 35.5. The molecular weight excluding hydrogens is 376 g/mol. The van der Waals surface area contributed by atoms with Crippen LogP contribution in [0.4, 0.5) is 5.82 Å². The third-order valence-corrected chi connectivity index (χ3v) is 4.99. The van der Waals surface area contributed by atoms with Gasteiger partial charge < -0.3 is 15.5 Å². The molecule has 1 aromatic carbocycles. The Labute approximate surface area is 170 Å². The summed E-state index contributed by atoms with van der Waals surface area (Å²) in [7, 11) is 0. The molecule has 3 rings (SSSR count). The van der Waals surface area contributed by atoms with Gasteiger partial charge in [0.05, 0.1) is 6.54 Å². The second-order valence-electron chi connectivity index (χ2n) is 8.38. The van der Waals surface area contributed by atoms with Crippen LogP contribution in [0, 0.1) is 5.92 Å². The molecule has 0 unspecified atom stereocenters. The van der Waals surface area contributed by atoms with Gasteiger partial charge in [-0.1, -0.05) is 17.7 Å². The molecule has 0 bridgehead atoms. The Morgan fingerprint density at radius 3 is 2.82 bits per heavy atom. The van der Waals surface area contributed by atoms with Crippen molar-refractivity contribution >= 4 is 40.0 Å². The summed E-state index contributed by atoms with van der Waals surface area (Å²) in [5.41, 5.74) is -0.295. The van der Waals surface area contributed by atoms with Crippen LogP contribution in [0.2, 0.25) is 5.02 Å². The number of hydrogen-bond donors (Lipinski definition) is 2. The van der Waals surface area contributed by atoms with Gasteiger partial charge in [0.25, 0.3) is 0 Å². The predicted octanol–water partition coefficient (Wildman–Crippen LogP) is 3.45. The number of carbonyl (C=O) groups is 2. The maximum Gasteiger partial charge on any atom is 0.240 e. The molecule has 2 aromatic rings. The Morgan fingerprint density at radius 1 is 1.32 bits per heavy atom. The minimum Gasteiger partial charge on any atom is -0.369 e. The number of nitrogens with zero attached hydrogens (tertiary/aromatic N) is 2. The molecule has 1 fully saturated rings. The van der Waals surface area contributed by atoms with Crippen LogP contribution < -0.4 is 10.6 Å². The SMILES string of the molecule is CC(C)(C)NC(=O)CN1CC[C@@H](CNc2nccc3ccc(Cl)cc23)CC1=O. The second kappa shape index (κ2) is 8.35. The van der Waals surface area contributed by atoms with Gasteiger partial charge in [-0.15, -0.1) is 0 Å². The number of carbonyl (C=O) groups excluding carboxylic acids is 2. The zero-order valence-electron chi connectivity index (χ0n) is 16.6. The van der Waals surface area contributed by atoms with Crippen LogP contribution in [0.3, 0.4) is 0 Å². The molecule has 0 spiro atoms. The Kier molecular flexibility index (Phi) is 6.08. The quantitative estimate of drug-likeness (QED) is 0.803. The maximum atomic E-state index is 12.5. The summed E-state index contributed by atoms with van der Waals surface area (Å²) in [4.78, 5) is 30.6. The fourth-order valence-electron chi connectivity index (χ4n) is 3.44. The molecule has 1 aromatic heterocycles. The minimum atomic E-state index is -0.295. The molecule has 150 valence electrons. The fourth-order valence-corrected chi connectivity index (χ4v) is 3.61. The van der Waals surface area contributed by atoms with Gasteiger partial charge in [-0.2, -0.15) is 0 Å². The smallest absolute Gasteiger partial charge is 0.240 e. The van der Waals surface area contributed by atoms with Crippen LogP contribution in [0.5, 0.6) is 0 Å². The van der Waals surface area contributed by atoms with Gasteiger partial charge in [0.15, 0.2) is 0 Å². The topological polar surface area (TPSA) is 74.3 Å². The number of anilines is 1. The van der Waals surface area contributed by atoms with Crippen molar-refractivity contribution in [1.82, 2.24) is 15.2 Å². The van der Waals surface area contributed by atoms with Crippen molar-refractivity contribution in [3.8, 4) is 0 Å². The van der Waals surface area contributed by atoms with Crippen molar-refractivity contribution in [3.05, 3.63) is 35.5 Å². The molecule has 2 N–H and O–H groups in total. The van der Waals surface area contributed by atoms with E-state index in [0.717, 1.165) is 23.0 Å². The van der Waals surface area contributed by atoms with Gasteiger partial charge in [-0.25, -0.2) is 4.98 Å². The average molecular weight is 403 g/mol. The van der Waals surface area contributed by atoms with Gasteiger partial charge in [-0.3, -0.25) is 9.59 Å². The van der Waals surface area contributed by atoms with Crippen molar-refractivity contribution in [3.63, 3.8) is 0 Å². The van der Waals surface area contributed by atoms with E-state index in [2.05, 4.69) is 15.6 Å². The molecule has 1 atom stereocenters. The van der Waals surface area contributed by atoms with Crippen LogP contribution in [0.15, 0.2) is 30.5 Å². The molecule has 1 aliphatic rings. The first-order valence-electron chi connectivity index (χ1n) is 9.58. The standard InChI is InChI=1S/C21H27ClN4O2/c1-21(2,3)25-18(27)13-26-9-7-14(10-19(26)28)12-24-20-17-11-16(22)5-4-15(17)6-8-23-20/h4-6,8,11,14H,7,9-10,12-13H2,1-3H3,(H,23,24)(H,25,27)/t14-/m1/s1. The highest BCUT2D eigenvalue weighted by molar-refractivity contribution is 6.31. The summed E-state index contributed by atoms with van der Waals surface area (Å²) in [6, 6.07) is 7.67. The van der Waals surface area contributed by atoms with Crippen molar-refractivity contribution < 1.29 is 9.59 Å². The van der Waals surface area contributed by atoms with Crippen molar-refractivity contribution in [2.75, 3.05) is 25.0 Å². The summed E-state index contributed by atoms with van der Waals surface area (Å²) < 4.78 is 0. The van der Waals surface area contributed by atoms with Gasteiger partial charge >= 0.3 is 0 Å². The van der Waals surface area contributed by atoms with Crippen molar-refractivity contribution in [2.24, 2.45) is 5.92 Å². The highest BCUT2D eigenvalue weighted by Gasteiger charge is 2.28. The molecule has 7 heteroatoms. The Morgan fingerprint density at radius 2 is 2.11 bits per heavy atom. The first-order chi connectivity index (χ1) is 13.2. The number of fused-ring (bicyclic) bond motifs is 1. The largest absolute Gasteiger partial charge is 0.369 e. The van der Waals surface area contributed by atoms with Crippen LogP contribution in [0.25, 0.3) is 10.8 Å². The Balaban J connectivity index is 1.55. The van der Waals surface area contributed by atoms with E-state index >= 15 is 0 Å². The number of nitrogens with one attached hydrogen (secondary N) is 2. The summed E-state index contributed by atoms with van der Waals surface area (Å²) >= 11 is 6.12. The number of rotatable bonds is 5. The second-order valence-corrected chi connectivity index (χ2v) is 8.81. The maximum absolute atomic E-state index is 12.5. The number of halogens is 1. The summed E-state index contributed by atoms with van der Waals surface area (Å²) in [6.45, 7) is 7.17. The summed E-state index contributed by atoms with van der Waals surface area (Å²) in [5, 5.41) is 8.98. The molecule has 0 radical (unpaired) electrons. The molecule has 1 saturated heterocycles. The zero-order chi connectivity index (χ0) is 20.3. The van der Waals surface area contributed by atoms with E-state index in [-0.39, 0.29) is 29.8 Å². The molecule has 0 saturated carbocycles. The third kappa shape index (κ3) is 5.35. The number of hydrogen-bond acceptors (Lipinski definition) is 4. The van der Waals surface area contributed by atoms with E-state index in [0.29, 0.717) is 24.5 Å². The first-order valence-corrected chi connectivity index (χ1v) is 9.96. The number of aromatic nitrogens is 1. The lowest BCUT2D eigenvalue weighted by Gasteiger charge is -2.32. The lowest BCUT2D eigenvalue weighted by Crippen LogP contribution is -2.49. The minimum absolute atomic E-state index is 0.0241. The van der Waals surface area contributed by atoms with Gasteiger partial charge in [-0.05, 0) is 56.7 Å². The van der Waals surface area contributed by atoms with Crippen LogP contribution in [0.1, 0.15) is 33.6 Å². The molecule has 28 heavy (non-hydrogen) atoms. The number of pyridine rings is 1. The van der Waals surface area contributed by atoms with E-state index in [1.807, 2.05) is 45.0 Å². The summed E-state index contributed by atoms with van der Waals surface area (Å²) in [6.07, 6.45) is 3.05. The Bertz CT molecular complexity index is 878. The molecule has 2 heterocycles. The van der Waals surface area contributed by atoms with E-state index in [4.69, 9.17) is 11.6 Å². The number of amides is 2. The van der Waals surface area contributed by atoms with Gasteiger partial charge in [0, 0.05) is 41.7 Å². The first kappa shape index (κ1) is 20.4. The number of piperidine rings is 1. The van der Waals surface area contributed by atoms with Gasteiger partial charge in [0.1, 0.15) is 5.82 Å². The van der Waals surface area contributed by atoms with E-state index in [1.54, 1.807) is 11.1 Å². The van der Waals surface area contributed by atoms with Crippen LogP contribution in [-0.2, 0) is 9.59 Å². The lowest BCUT2D eigenvalue weighted by molar-refractivity contribution is -0.139. The van der Waals surface area contributed by atoms with Gasteiger partial charge in [0.2, 0.25) is 11.8 Å². The van der Waals surface area contributed by atoms with Crippen molar-refractivity contribution in [2.45, 2.75) is 39.2 Å². The number of benzene rings is 1. The molecule has 0 aliphatic carbocycles. The molecule has 1 aliphatic heterocycles. The monoisotopic (exact) mass is 402 g/mol. The lowest BCUT2D eigenvalue weighted by atomic mass is 9.96. The predicted molar refractivity (Wildman–Crippen MR) is 112 cm³/mol. The molecule has 6 nitrogen and oxygen atoms in total. The van der Waals surface area contributed by atoms with E-state index < -0.39 is 0 Å². The van der Waals surface area contributed by atoms with E-state index in [1.165, 1.54) is 0 Å².